The molecule has 0 aromatic heterocycles. The summed E-state index contributed by atoms with van der Waals surface area (Å²) in [5, 5.41) is 0.544. The number of carbonyl (C=O) groups excluding carboxylic acids is 1. The Morgan fingerprint density at radius 1 is 1.23 bits per heavy atom. The monoisotopic (exact) mass is 315 g/mol. The summed E-state index contributed by atoms with van der Waals surface area (Å²) in [5.74, 6) is 0.950. The lowest BCUT2D eigenvalue weighted by atomic mass is 9.99. The molecule has 2 aromatic carbocycles. The van der Waals surface area contributed by atoms with E-state index in [1.165, 1.54) is 5.56 Å². The van der Waals surface area contributed by atoms with Crippen molar-refractivity contribution in [1.29, 1.82) is 0 Å². The number of likely N-dealkylation sites (tertiary alicyclic amines) is 1. The highest BCUT2D eigenvalue weighted by atomic mass is 35.5. The van der Waals surface area contributed by atoms with Gasteiger partial charge in [-0.1, -0.05) is 41.9 Å². The maximum atomic E-state index is 12.7. The third kappa shape index (κ3) is 2.95. The van der Waals surface area contributed by atoms with E-state index in [1.807, 2.05) is 23.1 Å². The minimum absolute atomic E-state index is 0.0159. The lowest BCUT2D eigenvalue weighted by molar-refractivity contribution is 0.0787. The van der Waals surface area contributed by atoms with E-state index in [0.717, 1.165) is 19.5 Å². The Morgan fingerprint density at radius 3 is 2.73 bits per heavy atom. The largest absolute Gasteiger partial charge is 0.496 e. The fraction of sp³-hybridized carbons (Fsp3) is 0.278. The van der Waals surface area contributed by atoms with Gasteiger partial charge in [0.1, 0.15) is 5.75 Å². The summed E-state index contributed by atoms with van der Waals surface area (Å²) in [4.78, 5) is 14.6. The highest BCUT2D eigenvalue weighted by Crippen LogP contribution is 2.30. The van der Waals surface area contributed by atoms with Crippen LogP contribution >= 0.6 is 11.6 Å². The van der Waals surface area contributed by atoms with Gasteiger partial charge in [-0.15, -0.1) is 0 Å². The minimum Gasteiger partial charge on any atom is -0.496 e. The highest BCUT2D eigenvalue weighted by Gasteiger charge is 2.29. The summed E-state index contributed by atoms with van der Waals surface area (Å²) in [5.41, 5.74) is 1.82. The maximum Gasteiger partial charge on any atom is 0.257 e. The number of rotatable bonds is 3. The lowest BCUT2D eigenvalue weighted by Gasteiger charge is -2.18. The number of hydrogen-bond acceptors (Lipinski definition) is 2. The van der Waals surface area contributed by atoms with Gasteiger partial charge >= 0.3 is 0 Å². The molecule has 0 bridgehead atoms. The molecule has 1 saturated heterocycles. The van der Waals surface area contributed by atoms with Crippen LogP contribution in [0.3, 0.4) is 0 Å². The van der Waals surface area contributed by atoms with Crippen LogP contribution in [0.4, 0.5) is 0 Å². The second kappa shape index (κ2) is 6.41. The molecule has 1 aliphatic rings. The Labute approximate surface area is 135 Å². The van der Waals surface area contributed by atoms with Crippen molar-refractivity contribution in [3.05, 3.63) is 64.7 Å². The second-order valence-corrected chi connectivity index (χ2v) is 5.93. The van der Waals surface area contributed by atoms with Gasteiger partial charge in [0.15, 0.2) is 0 Å². The summed E-state index contributed by atoms with van der Waals surface area (Å²) in [6, 6.07) is 15.5. The molecule has 0 aliphatic carbocycles. The van der Waals surface area contributed by atoms with Crippen LogP contribution in [-0.4, -0.2) is 31.0 Å². The lowest BCUT2D eigenvalue weighted by Crippen LogP contribution is -2.28. The Morgan fingerprint density at radius 2 is 2.00 bits per heavy atom. The van der Waals surface area contributed by atoms with Gasteiger partial charge in [0.25, 0.3) is 5.91 Å². The topological polar surface area (TPSA) is 29.5 Å². The fourth-order valence-electron chi connectivity index (χ4n) is 2.96. The van der Waals surface area contributed by atoms with Crippen LogP contribution < -0.4 is 4.74 Å². The van der Waals surface area contributed by atoms with E-state index in [2.05, 4.69) is 12.1 Å². The molecule has 0 spiro atoms. The molecule has 1 heterocycles. The molecule has 0 radical (unpaired) electrons. The quantitative estimate of drug-likeness (QED) is 0.857. The van der Waals surface area contributed by atoms with Gasteiger partial charge in [-0.3, -0.25) is 4.79 Å². The summed E-state index contributed by atoms with van der Waals surface area (Å²) >= 11 is 6.02. The van der Waals surface area contributed by atoms with Crippen LogP contribution in [-0.2, 0) is 0 Å². The molecule has 1 atom stereocenters. The molecule has 1 amide bonds. The van der Waals surface area contributed by atoms with Crippen molar-refractivity contribution < 1.29 is 9.53 Å². The van der Waals surface area contributed by atoms with Gasteiger partial charge in [-0.25, -0.2) is 0 Å². The molecule has 4 heteroatoms. The molecular weight excluding hydrogens is 298 g/mol. The van der Waals surface area contributed by atoms with E-state index in [1.54, 1.807) is 25.3 Å². The van der Waals surface area contributed by atoms with Crippen LogP contribution in [0.5, 0.6) is 5.75 Å². The first-order chi connectivity index (χ1) is 10.7. The number of amides is 1. The van der Waals surface area contributed by atoms with E-state index in [4.69, 9.17) is 16.3 Å². The summed E-state index contributed by atoms with van der Waals surface area (Å²) < 4.78 is 5.29. The SMILES string of the molecule is COc1ccc(Cl)cc1C(=O)N1CC[C@H](c2ccccc2)C1. The Hall–Kier alpha value is -2.00. The second-order valence-electron chi connectivity index (χ2n) is 5.49. The minimum atomic E-state index is -0.0159. The predicted molar refractivity (Wildman–Crippen MR) is 87.7 cm³/mol. The van der Waals surface area contributed by atoms with Crippen LogP contribution in [0.15, 0.2) is 48.5 Å². The van der Waals surface area contributed by atoms with Crippen molar-refractivity contribution in [3.8, 4) is 5.75 Å². The van der Waals surface area contributed by atoms with Crippen LogP contribution in [0.1, 0.15) is 28.3 Å². The molecule has 22 heavy (non-hydrogen) atoms. The van der Waals surface area contributed by atoms with Gasteiger partial charge in [0, 0.05) is 24.0 Å². The maximum absolute atomic E-state index is 12.7. The molecule has 3 rings (SSSR count). The first-order valence-electron chi connectivity index (χ1n) is 7.37. The molecule has 114 valence electrons. The fourth-order valence-corrected chi connectivity index (χ4v) is 3.13. The van der Waals surface area contributed by atoms with Gasteiger partial charge < -0.3 is 9.64 Å². The van der Waals surface area contributed by atoms with Gasteiger partial charge in [-0.2, -0.15) is 0 Å². The molecule has 3 nitrogen and oxygen atoms in total. The van der Waals surface area contributed by atoms with Crippen molar-refractivity contribution in [2.75, 3.05) is 20.2 Å². The van der Waals surface area contributed by atoms with Crippen molar-refractivity contribution in [2.45, 2.75) is 12.3 Å². The van der Waals surface area contributed by atoms with E-state index < -0.39 is 0 Å². The zero-order valence-corrected chi connectivity index (χ0v) is 13.2. The normalized spacial score (nSPS) is 17.5. The molecule has 1 aliphatic heterocycles. The Bertz CT molecular complexity index is 672. The third-order valence-corrected chi connectivity index (χ3v) is 4.37. The molecule has 1 fully saturated rings. The number of nitrogens with zero attached hydrogens (tertiary/aromatic N) is 1. The standard InChI is InChI=1S/C18H18ClNO2/c1-22-17-8-7-15(19)11-16(17)18(21)20-10-9-14(12-20)13-5-3-2-4-6-13/h2-8,11,14H,9-10,12H2,1H3/t14-/m0/s1. The third-order valence-electron chi connectivity index (χ3n) is 4.14. The molecule has 0 N–H and O–H groups in total. The first-order valence-corrected chi connectivity index (χ1v) is 7.74. The average Bonchev–Trinajstić information content (AvgIpc) is 3.05. The molecule has 0 unspecified atom stereocenters. The van der Waals surface area contributed by atoms with Gasteiger partial charge in [-0.05, 0) is 30.2 Å². The van der Waals surface area contributed by atoms with E-state index >= 15 is 0 Å². The molecule has 0 saturated carbocycles. The number of carbonyl (C=O) groups is 1. The van der Waals surface area contributed by atoms with Crippen molar-refractivity contribution >= 4 is 17.5 Å². The number of benzene rings is 2. The average molecular weight is 316 g/mol. The number of methoxy groups -OCH3 is 1. The smallest absolute Gasteiger partial charge is 0.257 e. The van der Waals surface area contributed by atoms with E-state index in [0.29, 0.717) is 22.3 Å². The summed E-state index contributed by atoms with van der Waals surface area (Å²) in [6.45, 7) is 1.49. The zero-order chi connectivity index (χ0) is 15.5. The summed E-state index contributed by atoms with van der Waals surface area (Å²) in [6.07, 6.45) is 0.985. The molecule has 2 aromatic rings. The van der Waals surface area contributed by atoms with Crippen molar-refractivity contribution in [3.63, 3.8) is 0 Å². The Kier molecular flexibility index (Phi) is 4.34. The van der Waals surface area contributed by atoms with Gasteiger partial charge in [0.05, 0.1) is 12.7 Å². The first kappa shape index (κ1) is 14.9. The number of ether oxygens (including phenoxy) is 1. The highest BCUT2D eigenvalue weighted by molar-refractivity contribution is 6.31. The number of halogens is 1. The van der Waals surface area contributed by atoms with Crippen molar-refractivity contribution in [1.82, 2.24) is 4.90 Å². The van der Waals surface area contributed by atoms with Crippen LogP contribution in [0.25, 0.3) is 0 Å². The van der Waals surface area contributed by atoms with E-state index in [-0.39, 0.29) is 5.91 Å². The van der Waals surface area contributed by atoms with Gasteiger partial charge in [0.2, 0.25) is 0 Å². The summed E-state index contributed by atoms with van der Waals surface area (Å²) in [7, 11) is 1.57. The van der Waals surface area contributed by atoms with E-state index in [9.17, 15) is 4.79 Å². The zero-order valence-electron chi connectivity index (χ0n) is 12.5. The Balaban J connectivity index is 1.78. The molecular formula is C18H18ClNO2. The van der Waals surface area contributed by atoms with Crippen LogP contribution in [0.2, 0.25) is 5.02 Å². The number of hydrogen-bond donors (Lipinski definition) is 0. The van der Waals surface area contributed by atoms with Crippen molar-refractivity contribution in [2.24, 2.45) is 0 Å². The predicted octanol–water partition coefficient (Wildman–Crippen LogP) is 3.98. The van der Waals surface area contributed by atoms with Crippen LogP contribution in [0, 0.1) is 0 Å².